The lowest BCUT2D eigenvalue weighted by atomic mass is 10.0. The summed E-state index contributed by atoms with van der Waals surface area (Å²) in [4.78, 5) is 14.6. The highest BCUT2D eigenvalue weighted by Gasteiger charge is 2.20. The average molecular weight is 334 g/mol. The van der Waals surface area contributed by atoms with Gasteiger partial charge in [0.2, 0.25) is 5.91 Å². The van der Waals surface area contributed by atoms with Crippen LogP contribution in [0.25, 0.3) is 11.1 Å². The Morgan fingerprint density at radius 2 is 1.76 bits per heavy atom. The van der Waals surface area contributed by atoms with Gasteiger partial charge in [-0.2, -0.15) is 0 Å². The number of nitrogens with zero attached hydrogens (tertiary/aromatic N) is 1. The van der Waals surface area contributed by atoms with Gasteiger partial charge in [-0.1, -0.05) is 48.5 Å². The highest BCUT2D eigenvalue weighted by atomic mass is 16.3. The number of furan rings is 1. The molecule has 0 aliphatic rings. The highest BCUT2D eigenvalue weighted by Crippen LogP contribution is 2.27. The fourth-order valence-corrected chi connectivity index (χ4v) is 2.68. The molecule has 0 saturated carbocycles. The van der Waals surface area contributed by atoms with E-state index < -0.39 is 0 Å². The molecule has 1 amide bonds. The Kier molecular flexibility index (Phi) is 5.31. The molecule has 1 atom stereocenters. The Labute approximate surface area is 148 Å². The molecule has 1 N–H and O–H groups in total. The summed E-state index contributed by atoms with van der Waals surface area (Å²) in [5.41, 5.74) is 2.91. The van der Waals surface area contributed by atoms with Crippen LogP contribution in [0.4, 0.5) is 5.69 Å². The molecular weight excluding hydrogens is 312 g/mol. The lowest BCUT2D eigenvalue weighted by Gasteiger charge is -2.23. The van der Waals surface area contributed by atoms with E-state index in [1.807, 2.05) is 85.6 Å². The van der Waals surface area contributed by atoms with Crippen molar-refractivity contribution < 1.29 is 9.21 Å². The van der Waals surface area contributed by atoms with Gasteiger partial charge in [-0.15, -0.1) is 0 Å². The lowest BCUT2D eigenvalue weighted by Crippen LogP contribution is -2.39. The zero-order valence-corrected chi connectivity index (χ0v) is 14.5. The van der Waals surface area contributed by atoms with Gasteiger partial charge in [0.05, 0.1) is 18.8 Å². The number of rotatable bonds is 6. The second-order valence-corrected chi connectivity index (χ2v) is 6.07. The molecule has 0 bridgehead atoms. The van der Waals surface area contributed by atoms with Crippen molar-refractivity contribution >= 4 is 11.6 Å². The van der Waals surface area contributed by atoms with Gasteiger partial charge in [-0.05, 0) is 37.7 Å². The number of likely N-dealkylation sites (N-methyl/N-ethyl adjacent to an activating group) is 1. The molecule has 0 unspecified atom stereocenters. The molecule has 1 aromatic heterocycles. The van der Waals surface area contributed by atoms with E-state index in [9.17, 15) is 4.79 Å². The molecule has 4 heteroatoms. The predicted octanol–water partition coefficient (Wildman–Crippen LogP) is 4.41. The number of nitrogens with one attached hydrogen (secondary N) is 1. The van der Waals surface area contributed by atoms with Gasteiger partial charge in [0, 0.05) is 11.3 Å². The number of amides is 1. The fraction of sp³-hybridized carbons (Fsp3) is 0.190. The quantitative estimate of drug-likeness (QED) is 0.726. The molecule has 1 heterocycles. The first kappa shape index (κ1) is 17.0. The van der Waals surface area contributed by atoms with Gasteiger partial charge in [0.15, 0.2) is 0 Å². The third kappa shape index (κ3) is 4.17. The van der Waals surface area contributed by atoms with E-state index in [4.69, 9.17) is 4.42 Å². The molecule has 0 radical (unpaired) electrons. The van der Waals surface area contributed by atoms with Crippen molar-refractivity contribution in [1.29, 1.82) is 0 Å². The van der Waals surface area contributed by atoms with Crippen molar-refractivity contribution in [2.75, 3.05) is 12.4 Å². The minimum absolute atomic E-state index is 0.0440. The smallest absolute Gasteiger partial charge is 0.241 e. The summed E-state index contributed by atoms with van der Waals surface area (Å²) in [6.45, 7) is 2.48. The van der Waals surface area contributed by atoms with Gasteiger partial charge in [0.25, 0.3) is 0 Å². The van der Waals surface area contributed by atoms with E-state index in [1.165, 1.54) is 0 Å². The summed E-state index contributed by atoms with van der Waals surface area (Å²) in [5.74, 6) is 0.796. The second kappa shape index (κ2) is 7.81. The maximum atomic E-state index is 12.7. The molecule has 0 saturated heterocycles. The Balaban J connectivity index is 1.73. The minimum Gasteiger partial charge on any atom is -0.468 e. The van der Waals surface area contributed by atoms with Crippen LogP contribution in [-0.4, -0.2) is 23.9 Å². The van der Waals surface area contributed by atoms with Gasteiger partial charge in [0.1, 0.15) is 5.76 Å². The number of hydrogen-bond donors (Lipinski definition) is 1. The molecule has 0 spiro atoms. The van der Waals surface area contributed by atoms with E-state index in [2.05, 4.69) is 5.32 Å². The average Bonchev–Trinajstić information content (AvgIpc) is 3.15. The van der Waals surface area contributed by atoms with Crippen molar-refractivity contribution in [2.45, 2.75) is 19.5 Å². The van der Waals surface area contributed by atoms with Crippen LogP contribution in [0.3, 0.4) is 0 Å². The largest absolute Gasteiger partial charge is 0.468 e. The molecule has 0 fully saturated rings. The molecule has 4 nitrogen and oxygen atoms in total. The lowest BCUT2D eigenvalue weighted by molar-refractivity contribution is -0.120. The zero-order chi connectivity index (χ0) is 17.6. The van der Waals surface area contributed by atoms with Crippen LogP contribution in [0, 0.1) is 0 Å². The van der Waals surface area contributed by atoms with Crippen LogP contribution in [0.2, 0.25) is 0 Å². The van der Waals surface area contributed by atoms with E-state index in [-0.39, 0.29) is 11.9 Å². The third-order valence-electron chi connectivity index (χ3n) is 4.30. The summed E-state index contributed by atoms with van der Waals surface area (Å²) in [5, 5.41) is 3.06. The summed E-state index contributed by atoms with van der Waals surface area (Å²) < 4.78 is 5.36. The van der Waals surface area contributed by atoms with Crippen LogP contribution in [0.15, 0.2) is 77.4 Å². The van der Waals surface area contributed by atoms with Gasteiger partial charge in [-0.25, -0.2) is 0 Å². The van der Waals surface area contributed by atoms with Crippen molar-refractivity contribution in [2.24, 2.45) is 0 Å². The van der Waals surface area contributed by atoms with E-state index in [0.717, 1.165) is 22.6 Å². The Morgan fingerprint density at radius 1 is 1.04 bits per heavy atom. The number of benzene rings is 2. The Morgan fingerprint density at radius 3 is 2.48 bits per heavy atom. The number of anilines is 1. The summed E-state index contributed by atoms with van der Waals surface area (Å²) in [7, 11) is 1.91. The maximum Gasteiger partial charge on any atom is 0.241 e. The third-order valence-corrected chi connectivity index (χ3v) is 4.30. The monoisotopic (exact) mass is 334 g/mol. The van der Waals surface area contributed by atoms with E-state index >= 15 is 0 Å². The minimum atomic E-state index is -0.283. The number of carbonyl (C=O) groups is 1. The summed E-state index contributed by atoms with van der Waals surface area (Å²) >= 11 is 0. The maximum absolute atomic E-state index is 12.7. The van der Waals surface area contributed by atoms with Gasteiger partial charge >= 0.3 is 0 Å². The Hall–Kier alpha value is -2.85. The zero-order valence-electron chi connectivity index (χ0n) is 14.5. The molecule has 25 heavy (non-hydrogen) atoms. The molecular formula is C21H22N2O2. The Bertz CT molecular complexity index is 813. The molecule has 2 aromatic carbocycles. The number of para-hydroxylation sites is 1. The van der Waals surface area contributed by atoms with Crippen LogP contribution in [0.1, 0.15) is 12.7 Å². The van der Waals surface area contributed by atoms with Crippen molar-refractivity contribution in [3.63, 3.8) is 0 Å². The molecule has 128 valence electrons. The standard InChI is InChI=1S/C21H22N2O2/c1-16(23(2)15-18-11-8-14-25-18)21(24)22-20-13-7-6-12-19(20)17-9-4-3-5-10-17/h3-14,16H,15H2,1-2H3,(H,22,24)/t16-/m1/s1. The van der Waals surface area contributed by atoms with Crippen LogP contribution in [0.5, 0.6) is 0 Å². The first-order chi connectivity index (χ1) is 12.1. The molecule has 0 aliphatic heterocycles. The normalized spacial score (nSPS) is 12.1. The molecule has 3 rings (SSSR count). The SMILES string of the molecule is C[C@H](C(=O)Nc1ccccc1-c1ccccc1)N(C)Cc1ccco1. The molecule has 0 aliphatic carbocycles. The van der Waals surface area contributed by atoms with Gasteiger partial charge in [-0.3, -0.25) is 9.69 Å². The van der Waals surface area contributed by atoms with Crippen molar-refractivity contribution in [1.82, 2.24) is 4.90 Å². The first-order valence-electron chi connectivity index (χ1n) is 8.33. The van der Waals surface area contributed by atoms with Gasteiger partial charge < -0.3 is 9.73 Å². The van der Waals surface area contributed by atoms with Crippen LogP contribution >= 0.6 is 0 Å². The highest BCUT2D eigenvalue weighted by molar-refractivity contribution is 5.98. The predicted molar refractivity (Wildman–Crippen MR) is 100 cm³/mol. The second-order valence-electron chi connectivity index (χ2n) is 6.07. The van der Waals surface area contributed by atoms with Crippen molar-refractivity contribution in [3.8, 4) is 11.1 Å². The first-order valence-corrected chi connectivity index (χ1v) is 8.33. The van der Waals surface area contributed by atoms with Crippen LogP contribution in [-0.2, 0) is 11.3 Å². The van der Waals surface area contributed by atoms with E-state index in [1.54, 1.807) is 6.26 Å². The molecule has 3 aromatic rings. The topological polar surface area (TPSA) is 45.5 Å². The summed E-state index contributed by atoms with van der Waals surface area (Å²) in [6.07, 6.45) is 1.64. The number of carbonyl (C=O) groups excluding carboxylic acids is 1. The van der Waals surface area contributed by atoms with E-state index in [0.29, 0.717) is 6.54 Å². The van der Waals surface area contributed by atoms with Crippen LogP contribution < -0.4 is 5.32 Å². The summed E-state index contributed by atoms with van der Waals surface area (Å²) in [6, 6.07) is 21.4. The fourth-order valence-electron chi connectivity index (χ4n) is 2.68. The number of hydrogen-bond acceptors (Lipinski definition) is 3. The van der Waals surface area contributed by atoms with Crippen molar-refractivity contribution in [3.05, 3.63) is 78.8 Å².